The molecule has 2 rings (SSSR count). The number of halogens is 1. The lowest BCUT2D eigenvalue weighted by Crippen LogP contribution is -2.51. The van der Waals surface area contributed by atoms with Crippen LogP contribution in [0, 0.1) is 5.92 Å². The summed E-state index contributed by atoms with van der Waals surface area (Å²) in [5.74, 6) is 1.47. The maximum absolute atomic E-state index is 11.6. The van der Waals surface area contributed by atoms with Crippen molar-refractivity contribution in [3.05, 3.63) is 24.3 Å². The van der Waals surface area contributed by atoms with Gasteiger partial charge in [-0.2, -0.15) is 0 Å². The molecule has 0 unspecified atom stereocenters. The molecule has 0 saturated carbocycles. The summed E-state index contributed by atoms with van der Waals surface area (Å²) in [4.78, 5) is 4.26. The Balaban J connectivity index is 0.00000264. The summed E-state index contributed by atoms with van der Waals surface area (Å²) in [6.07, 6.45) is 0. The lowest BCUT2D eigenvalue weighted by Gasteiger charge is -2.37. The predicted molar refractivity (Wildman–Crippen MR) is 103 cm³/mol. The van der Waals surface area contributed by atoms with Crippen molar-refractivity contribution in [2.24, 2.45) is 16.6 Å². The lowest BCUT2D eigenvalue weighted by atomic mass is 10.0. The van der Waals surface area contributed by atoms with Gasteiger partial charge in [-0.3, -0.25) is 4.99 Å². The van der Waals surface area contributed by atoms with E-state index in [9.17, 15) is 8.42 Å². The van der Waals surface area contributed by atoms with Gasteiger partial charge in [0.15, 0.2) is 5.96 Å². The molecule has 1 aliphatic heterocycles. The third kappa shape index (κ3) is 5.50. The average Bonchev–Trinajstić information content (AvgIpc) is 2.46. The second-order valence-electron chi connectivity index (χ2n) is 5.16. The maximum atomic E-state index is 11.6. The Morgan fingerprint density at radius 3 is 2.52 bits per heavy atom. The minimum Gasteiger partial charge on any atom is -0.497 e. The van der Waals surface area contributed by atoms with E-state index in [0.29, 0.717) is 25.6 Å². The Labute approximate surface area is 154 Å². The number of anilines is 1. The number of methoxy groups -OCH3 is 1. The quantitative estimate of drug-likeness (QED) is 0.384. The molecule has 1 saturated heterocycles. The monoisotopic (exact) mass is 454 g/mol. The second-order valence-corrected chi connectivity index (χ2v) is 7.42. The molecule has 0 spiro atoms. The van der Waals surface area contributed by atoms with Crippen molar-refractivity contribution >= 4 is 45.6 Å². The fourth-order valence-corrected chi connectivity index (χ4v) is 3.38. The Morgan fingerprint density at radius 1 is 1.39 bits per heavy atom. The Bertz CT molecular complexity index is 628. The number of benzene rings is 1. The molecular weight excluding hydrogens is 431 g/mol. The summed E-state index contributed by atoms with van der Waals surface area (Å²) in [5.41, 5.74) is 6.65. The first-order valence-electron chi connectivity index (χ1n) is 7.13. The highest BCUT2D eigenvalue weighted by Gasteiger charge is 2.34. The molecule has 0 bridgehead atoms. The number of sulfonamides is 1. The summed E-state index contributed by atoms with van der Waals surface area (Å²) in [6.45, 7) is 3.22. The van der Waals surface area contributed by atoms with Gasteiger partial charge in [0.2, 0.25) is 10.0 Å². The van der Waals surface area contributed by atoms with Crippen molar-refractivity contribution in [1.82, 2.24) is 4.31 Å². The molecule has 1 heterocycles. The maximum Gasteiger partial charge on any atom is 0.213 e. The molecule has 0 radical (unpaired) electrons. The van der Waals surface area contributed by atoms with Crippen molar-refractivity contribution in [2.75, 3.05) is 37.8 Å². The van der Waals surface area contributed by atoms with Crippen LogP contribution in [0.25, 0.3) is 0 Å². The molecule has 1 aliphatic rings. The standard InChI is InChI=1S/C14H22N4O3S.HI/c1-3-22(19,20)18-9-11(10-18)8-16-14(15)17-12-4-6-13(21-2)7-5-12;/h4-7,11H,3,8-10H2,1-2H3,(H3,15,16,17);1H. The summed E-state index contributed by atoms with van der Waals surface area (Å²) in [5, 5.41) is 2.99. The van der Waals surface area contributed by atoms with Crippen LogP contribution in [-0.2, 0) is 10.0 Å². The zero-order chi connectivity index (χ0) is 16.2. The van der Waals surface area contributed by atoms with Crippen molar-refractivity contribution in [3.8, 4) is 5.75 Å². The number of nitrogens with zero attached hydrogens (tertiary/aromatic N) is 2. The van der Waals surface area contributed by atoms with Gasteiger partial charge in [0, 0.05) is 31.2 Å². The topological polar surface area (TPSA) is 97.0 Å². The largest absolute Gasteiger partial charge is 0.497 e. The molecule has 3 N–H and O–H groups in total. The predicted octanol–water partition coefficient (Wildman–Crippen LogP) is 1.32. The second kappa shape index (κ2) is 8.69. The van der Waals surface area contributed by atoms with Gasteiger partial charge >= 0.3 is 0 Å². The van der Waals surface area contributed by atoms with E-state index in [1.54, 1.807) is 14.0 Å². The smallest absolute Gasteiger partial charge is 0.213 e. The minimum atomic E-state index is -3.06. The number of hydrogen-bond acceptors (Lipinski definition) is 4. The van der Waals surface area contributed by atoms with Crippen molar-refractivity contribution in [2.45, 2.75) is 6.92 Å². The van der Waals surface area contributed by atoms with Crippen LogP contribution in [0.3, 0.4) is 0 Å². The first kappa shape index (κ1) is 20.0. The highest BCUT2D eigenvalue weighted by molar-refractivity contribution is 14.0. The minimum absolute atomic E-state index is 0. The summed E-state index contributed by atoms with van der Waals surface area (Å²) in [7, 11) is -1.45. The van der Waals surface area contributed by atoms with Crippen LogP contribution in [0.5, 0.6) is 5.75 Å². The molecular formula is C14H23IN4O3S. The van der Waals surface area contributed by atoms with Gasteiger partial charge in [-0.1, -0.05) is 0 Å². The van der Waals surface area contributed by atoms with Crippen LogP contribution in [0.4, 0.5) is 5.69 Å². The SMILES string of the molecule is CCS(=O)(=O)N1CC(CN=C(N)Nc2ccc(OC)cc2)C1.I. The molecule has 7 nitrogen and oxygen atoms in total. The molecule has 23 heavy (non-hydrogen) atoms. The summed E-state index contributed by atoms with van der Waals surface area (Å²) in [6, 6.07) is 7.35. The van der Waals surface area contributed by atoms with Gasteiger partial charge < -0.3 is 15.8 Å². The molecule has 0 aromatic heterocycles. The van der Waals surface area contributed by atoms with E-state index in [4.69, 9.17) is 10.5 Å². The van der Waals surface area contributed by atoms with E-state index in [1.807, 2.05) is 24.3 Å². The van der Waals surface area contributed by atoms with Gasteiger partial charge in [0.05, 0.1) is 12.9 Å². The molecule has 1 aromatic carbocycles. The summed E-state index contributed by atoms with van der Waals surface area (Å²) < 4.78 is 29.8. The third-order valence-electron chi connectivity index (χ3n) is 3.56. The number of guanidine groups is 1. The fraction of sp³-hybridized carbons (Fsp3) is 0.500. The molecule has 130 valence electrons. The van der Waals surface area contributed by atoms with E-state index in [1.165, 1.54) is 4.31 Å². The number of ether oxygens (including phenoxy) is 1. The number of hydrogen-bond donors (Lipinski definition) is 2. The van der Waals surface area contributed by atoms with Crippen molar-refractivity contribution in [3.63, 3.8) is 0 Å². The Kier molecular flexibility index (Phi) is 7.55. The first-order valence-corrected chi connectivity index (χ1v) is 8.74. The van der Waals surface area contributed by atoms with Gasteiger partial charge in [-0.25, -0.2) is 12.7 Å². The molecule has 0 aliphatic carbocycles. The van der Waals surface area contributed by atoms with E-state index in [2.05, 4.69) is 10.3 Å². The number of aliphatic imine (C=N–C) groups is 1. The zero-order valence-electron chi connectivity index (χ0n) is 13.2. The normalized spacial score (nSPS) is 16.3. The van der Waals surface area contributed by atoms with Crippen molar-refractivity contribution < 1.29 is 13.2 Å². The Morgan fingerprint density at radius 2 is 2.00 bits per heavy atom. The van der Waals surface area contributed by atoms with Crippen LogP contribution in [-0.4, -0.2) is 51.2 Å². The molecule has 1 fully saturated rings. The third-order valence-corrected chi connectivity index (χ3v) is 5.38. The summed E-state index contributed by atoms with van der Waals surface area (Å²) >= 11 is 0. The molecule has 1 aromatic rings. The Hall–Kier alpha value is -1.07. The van der Waals surface area contributed by atoms with E-state index in [-0.39, 0.29) is 35.6 Å². The van der Waals surface area contributed by atoms with Gasteiger partial charge in [0.25, 0.3) is 0 Å². The van der Waals surface area contributed by atoms with E-state index < -0.39 is 10.0 Å². The number of rotatable bonds is 6. The van der Waals surface area contributed by atoms with Crippen LogP contribution in [0.2, 0.25) is 0 Å². The van der Waals surface area contributed by atoms with Crippen molar-refractivity contribution in [1.29, 1.82) is 0 Å². The van der Waals surface area contributed by atoms with Crippen LogP contribution < -0.4 is 15.8 Å². The van der Waals surface area contributed by atoms with Gasteiger partial charge in [-0.15, -0.1) is 24.0 Å². The van der Waals surface area contributed by atoms with E-state index in [0.717, 1.165) is 11.4 Å². The van der Waals surface area contributed by atoms with E-state index >= 15 is 0 Å². The lowest BCUT2D eigenvalue weighted by molar-refractivity contribution is 0.208. The molecule has 0 amide bonds. The molecule has 0 atom stereocenters. The highest BCUT2D eigenvalue weighted by Crippen LogP contribution is 2.20. The fourth-order valence-electron chi connectivity index (χ4n) is 2.14. The average molecular weight is 454 g/mol. The number of nitrogens with one attached hydrogen (secondary N) is 1. The number of nitrogens with two attached hydrogens (primary N) is 1. The highest BCUT2D eigenvalue weighted by atomic mass is 127. The first-order chi connectivity index (χ1) is 10.4. The zero-order valence-corrected chi connectivity index (χ0v) is 16.4. The molecule has 9 heteroatoms. The van der Waals surface area contributed by atoms with Crippen LogP contribution in [0.15, 0.2) is 29.3 Å². The van der Waals surface area contributed by atoms with Gasteiger partial charge in [0.1, 0.15) is 5.75 Å². The van der Waals surface area contributed by atoms with Crippen LogP contribution in [0.1, 0.15) is 6.92 Å². The van der Waals surface area contributed by atoms with Crippen LogP contribution >= 0.6 is 24.0 Å². The van der Waals surface area contributed by atoms with Gasteiger partial charge in [-0.05, 0) is 31.2 Å².